The van der Waals surface area contributed by atoms with Gasteiger partial charge >= 0.3 is 0 Å². The number of hydrogen-bond donors (Lipinski definition) is 2. The third-order valence-corrected chi connectivity index (χ3v) is 5.43. The first-order valence-corrected chi connectivity index (χ1v) is 11.1. The molecule has 0 saturated carbocycles. The van der Waals surface area contributed by atoms with E-state index in [4.69, 9.17) is 4.74 Å². The predicted molar refractivity (Wildman–Crippen MR) is 120 cm³/mol. The second-order valence-corrected chi connectivity index (χ2v) is 7.70. The molecule has 1 amide bonds. The molecule has 1 heterocycles. The molecule has 1 aromatic rings. The van der Waals surface area contributed by atoms with E-state index in [2.05, 4.69) is 41.6 Å². The number of guanidine groups is 1. The van der Waals surface area contributed by atoms with E-state index in [1.807, 2.05) is 17.0 Å². The van der Waals surface area contributed by atoms with Crippen molar-refractivity contribution in [2.45, 2.75) is 58.3 Å². The van der Waals surface area contributed by atoms with Gasteiger partial charge in [-0.25, -0.2) is 0 Å². The number of aliphatic imine (C=N–C) groups is 1. The lowest BCUT2D eigenvalue weighted by Gasteiger charge is -2.20. The first-order chi connectivity index (χ1) is 14.1. The summed E-state index contributed by atoms with van der Waals surface area (Å²) in [5.74, 6) is 2.52. The van der Waals surface area contributed by atoms with Crippen LogP contribution in [0, 0.1) is 0 Å². The normalized spacial score (nSPS) is 16.3. The van der Waals surface area contributed by atoms with Crippen LogP contribution in [0.15, 0.2) is 29.3 Å². The van der Waals surface area contributed by atoms with Crippen molar-refractivity contribution in [2.75, 3.05) is 39.8 Å². The van der Waals surface area contributed by atoms with Gasteiger partial charge in [0, 0.05) is 39.1 Å². The van der Waals surface area contributed by atoms with Crippen molar-refractivity contribution in [3.05, 3.63) is 29.8 Å². The third kappa shape index (κ3) is 8.34. The summed E-state index contributed by atoms with van der Waals surface area (Å²) >= 11 is 0. The lowest BCUT2D eigenvalue weighted by atomic mass is 9.98. The summed E-state index contributed by atoms with van der Waals surface area (Å²) in [6, 6.07) is 8.29. The van der Waals surface area contributed by atoms with Gasteiger partial charge in [-0.3, -0.25) is 9.79 Å². The van der Waals surface area contributed by atoms with Gasteiger partial charge in [0.15, 0.2) is 5.96 Å². The lowest BCUT2D eigenvalue weighted by molar-refractivity contribution is -0.130. The quantitative estimate of drug-likeness (QED) is 0.357. The molecule has 1 unspecified atom stereocenters. The molecule has 2 N–H and O–H groups in total. The van der Waals surface area contributed by atoms with Gasteiger partial charge in [0.1, 0.15) is 5.75 Å². The molecule has 0 aromatic heterocycles. The fraction of sp³-hybridized carbons (Fsp3) is 0.652. The average molecular weight is 403 g/mol. The molecule has 2 rings (SSSR count). The lowest BCUT2D eigenvalue weighted by Crippen LogP contribution is -2.38. The molecule has 6 nitrogen and oxygen atoms in total. The number of rotatable bonds is 10. The van der Waals surface area contributed by atoms with E-state index < -0.39 is 0 Å². The Hall–Kier alpha value is -2.24. The second-order valence-electron chi connectivity index (χ2n) is 7.70. The van der Waals surface area contributed by atoms with Crippen molar-refractivity contribution in [1.29, 1.82) is 0 Å². The zero-order valence-corrected chi connectivity index (χ0v) is 18.4. The molecule has 1 saturated heterocycles. The molecular formula is C23H38N4O2. The van der Waals surface area contributed by atoms with Gasteiger partial charge in [0.05, 0.1) is 7.11 Å². The molecule has 29 heavy (non-hydrogen) atoms. The molecule has 1 aliphatic heterocycles. The number of carbonyl (C=O) groups is 1. The van der Waals surface area contributed by atoms with Crippen LogP contribution in [0.4, 0.5) is 0 Å². The Morgan fingerprint density at radius 3 is 2.72 bits per heavy atom. The van der Waals surface area contributed by atoms with E-state index >= 15 is 0 Å². The highest BCUT2D eigenvalue weighted by Gasteiger charge is 2.15. The second kappa shape index (κ2) is 13.1. The van der Waals surface area contributed by atoms with Gasteiger partial charge in [0.25, 0.3) is 0 Å². The maximum atomic E-state index is 12.1. The minimum atomic E-state index is 0.309. The summed E-state index contributed by atoms with van der Waals surface area (Å²) in [7, 11) is 1.69. The SMILES string of the molecule is CCNC(=NCCCN1CCCCCC1=O)NCCC(C)c1ccc(OC)cc1. The average Bonchev–Trinajstić information content (AvgIpc) is 2.95. The largest absolute Gasteiger partial charge is 0.497 e. The molecular weight excluding hydrogens is 364 g/mol. The van der Waals surface area contributed by atoms with Crippen molar-refractivity contribution in [3.8, 4) is 5.75 Å². The number of benzene rings is 1. The van der Waals surface area contributed by atoms with Crippen molar-refractivity contribution >= 4 is 11.9 Å². The first-order valence-electron chi connectivity index (χ1n) is 11.1. The smallest absolute Gasteiger partial charge is 0.222 e. The summed E-state index contributed by atoms with van der Waals surface area (Å²) in [5, 5.41) is 6.74. The van der Waals surface area contributed by atoms with Crippen LogP contribution in [0.2, 0.25) is 0 Å². The van der Waals surface area contributed by atoms with Crippen molar-refractivity contribution in [3.63, 3.8) is 0 Å². The molecule has 1 aliphatic rings. The Bertz CT molecular complexity index is 630. The van der Waals surface area contributed by atoms with Gasteiger partial charge in [-0.2, -0.15) is 0 Å². The number of carbonyl (C=O) groups excluding carboxylic acids is 1. The van der Waals surface area contributed by atoms with E-state index in [1.165, 1.54) is 12.0 Å². The maximum absolute atomic E-state index is 12.1. The van der Waals surface area contributed by atoms with Crippen LogP contribution in [0.1, 0.15) is 63.9 Å². The number of hydrogen-bond acceptors (Lipinski definition) is 3. The van der Waals surface area contributed by atoms with E-state index in [9.17, 15) is 4.79 Å². The highest BCUT2D eigenvalue weighted by molar-refractivity contribution is 5.79. The van der Waals surface area contributed by atoms with E-state index in [0.717, 1.165) is 70.1 Å². The van der Waals surface area contributed by atoms with Crippen LogP contribution in [0.5, 0.6) is 5.75 Å². The highest BCUT2D eigenvalue weighted by Crippen LogP contribution is 2.21. The Labute approximate surface area is 176 Å². The van der Waals surface area contributed by atoms with Crippen LogP contribution in [0.25, 0.3) is 0 Å². The van der Waals surface area contributed by atoms with Gasteiger partial charge in [-0.15, -0.1) is 0 Å². The molecule has 6 heteroatoms. The highest BCUT2D eigenvalue weighted by atomic mass is 16.5. The summed E-state index contributed by atoms with van der Waals surface area (Å²) in [4.78, 5) is 18.8. The van der Waals surface area contributed by atoms with Crippen molar-refractivity contribution in [2.24, 2.45) is 4.99 Å². The molecule has 1 aromatic carbocycles. The predicted octanol–water partition coefficient (Wildman–Crippen LogP) is 3.54. The summed E-state index contributed by atoms with van der Waals surface area (Å²) in [6.07, 6.45) is 5.98. The number of methoxy groups -OCH3 is 1. The zero-order chi connectivity index (χ0) is 20.9. The number of amides is 1. The Balaban J connectivity index is 1.72. The molecule has 1 fully saturated rings. The van der Waals surface area contributed by atoms with Gasteiger partial charge in [-0.05, 0) is 56.2 Å². The fourth-order valence-corrected chi connectivity index (χ4v) is 3.58. The number of nitrogens with zero attached hydrogens (tertiary/aromatic N) is 2. The van der Waals surface area contributed by atoms with Gasteiger partial charge in [0.2, 0.25) is 5.91 Å². The minimum Gasteiger partial charge on any atom is -0.497 e. The summed E-state index contributed by atoms with van der Waals surface area (Å²) in [5.41, 5.74) is 1.32. The van der Waals surface area contributed by atoms with Gasteiger partial charge < -0.3 is 20.3 Å². The topological polar surface area (TPSA) is 66.0 Å². The van der Waals surface area contributed by atoms with Crippen LogP contribution in [-0.4, -0.2) is 56.6 Å². The van der Waals surface area contributed by atoms with Crippen LogP contribution in [0.3, 0.4) is 0 Å². The number of likely N-dealkylation sites (tertiary alicyclic amines) is 1. The number of ether oxygens (including phenoxy) is 1. The Morgan fingerprint density at radius 2 is 2.00 bits per heavy atom. The van der Waals surface area contributed by atoms with E-state index in [0.29, 0.717) is 18.2 Å². The molecule has 0 aliphatic carbocycles. The number of nitrogens with one attached hydrogen (secondary N) is 2. The Morgan fingerprint density at radius 1 is 1.21 bits per heavy atom. The molecule has 0 spiro atoms. The molecule has 1 atom stereocenters. The van der Waals surface area contributed by atoms with Gasteiger partial charge in [-0.1, -0.05) is 25.5 Å². The Kier molecular flexibility index (Phi) is 10.4. The molecule has 0 bridgehead atoms. The van der Waals surface area contributed by atoms with Crippen molar-refractivity contribution in [1.82, 2.24) is 15.5 Å². The van der Waals surface area contributed by atoms with E-state index in [1.54, 1.807) is 7.11 Å². The van der Waals surface area contributed by atoms with Crippen LogP contribution >= 0.6 is 0 Å². The van der Waals surface area contributed by atoms with Crippen molar-refractivity contribution < 1.29 is 9.53 Å². The molecule has 162 valence electrons. The maximum Gasteiger partial charge on any atom is 0.222 e. The summed E-state index contributed by atoms with van der Waals surface area (Å²) < 4.78 is 5.23. The van der Waals surface area contributed by atoms with Crippen LogP contribution < -0.4 is 15.4 Å². The van der Waals surface area contributed by atoms with E-state index in [-0.39, 0.29) is 0 Å². The molecule has 0 radical (unpaired) electrons. The summed E-state index contributed by atoms with van der Waals surface area (Å²) in [6.45, 7) is 8.47. The van der Waals surface area contributed by atoms with Crippen LogP contribution in [-0.2, 0) is 4.79 Å². The zero-order valence-electron chi connectivity index (χ0n) is 18.4. The monoisotopic (exact) mass is 402 g/mol. The minimum absolute atomic E-state index is 0.309. The third-order valence-electron chi connectivity index (χ3n) is 5.43. The standard InChI is InChI=1S/C23H38N4O2/c1-4-24-23(25-15-8-18-27-17-7-5-6-9-22(27)28)26-16-14-19(2)20-10-12-21(29-3)13-11-20/h10-13,19H,4-9,14-18H2,1-3H3,(H2,24,25,26). The first kappa shape index (κ1) is 23.0. The fourth-order valence-electron chi connectivity index (χ4n) is 3.58.